The number of benzene rings is 1. The van der Waals surface area contributed by atoms with Gasteiger partial charge in [-0.1, -0.05) is 31.0 Å². The molecule has 0 spiro atoms. The van der Waals surface area contributed by atoms with Crippen LogP contribution < -0.4 is 4.57 Å². The molecule has 0 saturated carbocycles. The van der Waals surface area contributed by atoms with Crippen LogP contribution in [0.3, 0.4) is 0 Å². The van der Waals surface area contributed by atoms with E-state index < -0.39 is 0 Å². The molecule has 102 valence electrons. The van der Waals surface area contributed by atoms with Crippen LogP contribution in [0.25, 0.3) is 0 Å². The molecule has 2 aromatic rings. The number of imidazole rings is 1. The summed E-state index contributed by atoms with van der Waals surface area (Å²) in [6.07, 6.45) is 6.33. The van der Waals surface area contributed by atoms with Crippen LogP contribution in [0.2, 0.25) is 5.02 Å². The molecule has 0 amide bonds. The molecule has 4 heteroatoms. The Morgan fingerprint density at radius 1 is 1.37 bits per heavy atom. The molecule has 0 atom stereocenters. The molecule has 1 aromatic carbocycles. The summed E-state index contributed by atoms with van der Waals surface area (Å²) in [5.41, 5.74) is 0.547. The van der Waals surface area contributed by atoms with E-state index in [4.69, 9.17) is 11.6 Å². The molecule has 0 bridgehead atoms. The molecule has 0 aliphatic heterocycles. The third kappa shape index (κ3) is 3.16. The number of aromatic nitrogens is 2. The first-order valence-electron chi connectivity index (χ1n) is 6.61. The highest BCUT2D eigenvalue weighted by molar-refractivity contribution is 6.31. The maximum absolute atomic E-state index is 13.8. The van der Waals surface area contributed by atoms with E-state index in [0.717, 1.165) is 25.2 Å². The highest BCUT2D eigenvalue weighted by Gasteiger charge is 2.15. The molecule has 19 heavy (non-hydrogen) atoms. The van der Waals surface area contributed by atoms with E-state index in [2.05, 4.69) is 11.5 Å². The minimum Gasteiger partial charge on any atom is -0.234 e. The largest absolute Gasteiger partial charge is 0.253 e. The van der Waals surface area contributed by atoms with E-state index in [-0.39, 0.29) is 5.82 Å². The van der Waals surface area contributed by atoms with Crippen molar-refractivity contribution in [2.24, 2.45) is 0 Å². The molecule has 2 rings (SSSR count). The predicted molar refractivity (Wildman–Crippen MR) is 74.8 cm³/mol. The quantitative estimate of drug-likeness (QED) is 0.739. The van der Waals surface area contributed by atoms with Crippen LogP contribution in [-0.2, 0) is 13.1 Å². The molecular formula is C15H19ClFN2+. The number of aryl methyl sites for hydroxylation is 1. The van der Waals surface area contributed by atoms with Crippen molar-refractivity contribution in [3.63, 3.8) is 0 Å². The van der Waals surface area contributed by atoms with E-state index in [1.165, 1.54) is 6.07 Å². The Hall–Kier alpha value is -1.35. The molecule has 1 heterocycles. The fraction of sp³-hybridized carbons (Fsp3) is 0.400. The first-order valence-corrected chi connectivity index (χ1v) is 6.99. The second kappa shape index (κ2) is 6.20. The Morgan fingerprint density at radius 2 is 2.16 bits per heavy atom. The second-order valence-electron chi connectivity index (χ2n) is 4.72. The molecule has 1 aromatic heterocycles. The Kier molecular flexibility index (Phi) is 4.59. The number of hydrogen-bond donors (Lipinski definition) is 0. The standard InChI is InChI=1S/C15H19ClFN2/c1-3-4-8-18-9-10-19(12(18)2)11-13-14(16)6-5-7-15(13)17/h5-7,9-10H,3-4,8,11H2,1-2H3/q+1. The topological polar surface area (TPSA) is 8.81 Å². The smallest absolute Gasteiger partial charge is 0.234 e. The van der Waals surface area contributed by atoms with E-state index >= 15 is 0 Å². The molecule has 0 radical (unpaired) electrons. The van der Waals surface area contributed by atoms with Gasteiger partial charge < -0.3 is 0 Å². The van der Waals surface area contributed by atoms with Gasteiger partial charge in [0.25, 0.3) is 5.82 Å². The van der Waals surface area contributed by atoms with Crippen molar-refractivity contribution in [3.05, 3.63) is 52.8 Å². The third-order valence-electron chi connectivity index (χ3n) is 3.40. The van der Waals surface area contributed by atoms with E-state index in [0.29, 0.717) is 17.1 Å². The van der Waals surface area contributed by atoms with Crippen LogP contribution in [-0.4, -0.2) is 4.57 Å². The lowest BCUT2D eigenvalue weighted by atomic mass is 10.2. The molecular weight excluding hydrogens is 263 g/mol. The van der Waals surface area contributed by atoms with Gasteiger partial charge in [-0.3, -0.25) is 0 Å². The summed E-state index contributed by atoms with van der Waals surface area (Å²) in [5, 5.41) is 0.480. The summed E-state index contributed by atoms with van der Waals surface area (Å²) in [5.74, 6) is 0.869. The molecule has 0 aliphatic rings. The van der Waals surface area contributed by atoms with Gasteiger partial charge in [-0.2, -0.15) is 0 Å². The fourth-order valence-corrected chi connectivity index (χ4v) is 2.35. The van der Waals surface area contributed by atoms with Gasteiger partial charge >= 0.3 is 0 Å². The van der Waals surface area contributed by atoms with Crippen molar-refractivity contribution in [2.45, 2.75) is 39.8 Å². The minimum absolute atomic E-state index is 0.249. The number of halogens is 2. The predicted octanol–water partition coefficient (Wildman–Crippen LogP) is 3.72. The number of hydrogen-bond acceptors (Lipinski definition) is 0. The van der Waals surface area contributed by atoms with Gasteiger partial charge in [0.2, 0.25) is 0 Å². The lowest BCUT2D eigenvalue weighted by Gasteiger charge is -2.05. The molecule has 0 fully saturated rings. The molecule has 2 nitrogen and oxygen atoms in total. The molecule has 0 saturated heterocycles. The Labute approximate surface area is 118 Å². The lowest BCUT2D eigenvalue weighted by molar-refractivity contribution is -0.694. The molecule has 0 N–H and O–H groups in total. The highest BCUT2D eigenvalue weighted by Crippen LogP contribution is 2.18. The van der Waals surface area contributed by atoms with E-state index in [1.54, 1.807) is 12.1 Å². The van der Waals surface area contributed by atoms with Gasteiger partial charge in [-0.15, -0.1) is 0 Å². The number of unbranched alkanes of at least 4 members (excludes halogenated alkanes) is 1. The summed E-state index contributed by atoms with van der Waals surface area (Å²) >= 11 is 6.06. The summed E-state index contributed by atoms with van der Waals surface area (Å²) in [4.78, 5) is 0. The minimum atomic E-state index is -0.249. The first kappa shape index (κ1) is 14.1. The maximum atomic E-state index is 13.8. The SMILES string of the molecule is CCCCn1cc[n+](Cc2c(F)cccc2Cl)c1C. The third-order valence-corrected chi connectivity index (χ3v) is 3.75. The van der Waals surface area contributed by atoms with Crippen molar-refractivity contribution >= 4 is 11.6 Å². The van der Waals surface area contributed by atoms with Crippen LogP contribution in [0, 0.1) is 12.7 Å². The fourth-order valence-electron chi connectivity index (χ4n) is 2.13. The number of nitrogens with zero attached hydrogens (tertiary/aromatic N) is 2. The second-order valence-corrected chi connectivity index (χ2v) is 5.13. The average Bonchev–Trinajstić information content (AvgIpc) is 2.73. The van der Waals surface area contributed by atoms with Gasteiger partial charge in [-0.25, -0.2) is 13.5 Å². The van der Waals surface area contributed by atoms with Crippen LogP contribution in [0.5, 0.6) is 0 Å². The van der Waals surface area contributed by atoms with E-state index in [1.807, 2.05) is 23.9 Å². The van der Waals surface area contributed by atoms with Crippen LogP contribution in [0.1, 0.15) is 31.2 Å². The normalized spacial score (nSPS) is 10.9. The van der Waals surface area contributed by atoms with Crippen molar-refractivity contribution in [1.82, 2.24) is 4.57 Å². The van der Waals surface area contributed by atoms with Crippen LogP contribution >= 0.6 is 11.6 Å². The first-order chi connectivity index (χ1) is 9.13. The van der Waals surface area contributed by atoms with Gasteiger partial charge in [0.1, 0.15) is 24.8 Å². The Morgan fingerprint density at radius 3 is 2.84 bits per heavy atom. The Balaban J connectivity index is 2.22. The lowest BCUT2D eigenvalue weighted by Crippen LogP contribution is -2.36. The summed E-state index contributed by atoms with van der Waals surface area (Å²) in [6, 6.07) is 4.81. The van der Waals surface area contributed by atoms with E-state index in [9.17, 15) is 4.39 Å². The van der Waals surface area contributed by atoms with Crippen molar-refractivity contribution < 1.29 is 8.96 Å². The van der Waals surface area contributed by atoms with Crippen LogP contribution in [0.15, 0.2) is 30.6 Å². The van der Waals surface area contributed by atoms with Crippen molar-refractivity contribution in [2.75, 3.05) is 0 Å². The average molecular weight is 282 g/mol. The summed E-state index contributed by atoms with van der Waals surface area (Å²) in [7, 11) is 0. The van der Waals surface area contributed by atoms with Gasteiger partial charge in [0.05, 0.1) is 11.6 Å². The summed E-state index contributed by atoms with van der Waals surface area (Å²) in [6.45, 7) is 5.69. The summed E-state index contributed by atoms with van der Waals surface area (Å²) < 4.78 is 18.0. The van der Waals surface area contributed by atoms with Crippen molar-refractivity contribution in [3.8, 4) is 0 Å². The molecule has 0 unspecified atom stereocenters. The number of rotatable bonds is 5. The zero-order valence-corrected chi connectivity index (χ0v) is 12.1. The van der Waals surface area contributed by atoms with Gasteiger partial charge in [0, 0.05) is 12.5 Å². The Bertz CT molecular complexity index is 543. The zero-order chi connectivity index (χ0) is 13.8. The monoisotopic (exact) mass is 281 g/mol. The van der Waals surface area contributed by atoms with Crippen LogP contribution in [0.4, 0.5) is 4.39 Å². The van der Waals surface area contributed by atoms with Gasteiger partial charge in [-0.05, 0) is 18.6 Å². The highest BCUT2D eigenvalue weighted by atomic mass is 35.5. The van der Waals surface area contributed by atoms with Crippen molar-refractivity contribution in [1.29, 1.82) is 0 Å². The molecule has 0 aliphatic carbocycles. The zero-order valence-electron chi connectivity index (χ0n) is 11.4. The maximum Gasteiger partial charge on any atom is 0.253 e. The van der Waals surface area contributed by atoms with Gasteiger partial charge in [0.15, 0.2) is 0 Å².